The van der Waals surface area contributed by atoms with Crippen LogP contribution < -0.4 is 0 Å². The van der Waals surface area contributed by atoms with Crippen molar-refractivity contribution in [3.63, 3.8) is 0 Å². The number of hydrogen-bond donors (Lipinski definition) is 1. The van der Waals surface area contributed by atoms with Gasteiger partial charge in [0.05, 0.1) is 11.2 Å². The molecule has 0 spiro atoms. The molecule has 1 aliphatic rings. The summed E-state index contributed by atoms with van der Waals surface area (Å²) in [4.78, 5) is 0. The Bertz CT molecular complexity index is 273. The second-order valence-corrected chi connectivity index (χ2v) is 7.80. The van der Waals surface area contributed by atoms with Gasteiger partial charge in [-0.1, -0.05) is 27.2 Å². The van der Waals surface area contributed by atoms with Crippen molar-refractivity contribution >= 4 is 0 Å². The quantitative estimate of drug-likeness (QED) is 0.767. The molecule has 0 aromatic heterocycles. The zero-order chi connectivity index (χ0) is 14.7. The second kappa shape index (κ2) is 6.13. The number of ether oxygens (including phenoxy) is 1. The van der Waals surface area contributed by atoms with Crippen LogP contribution in [0.4, 0.5) is 0 Å². The van der Waals surface area contributed by atoms with Crippen LogP contribution in [0.15, 0.2) is 0 Å². The minimum Gasteiger partial charge on any atom is -0.390 e. The third kappa shape index (κ3) is 4.75. The van der Waals surface area contributed by atoms with Crippen molar-refractivity contribution in [1.29, 1.82) is 0 Å². The maximum absolute atomic E-state index is 10.7. The summed E-state index contributed by atoms with van der Waals surface area (Å²) in [5.41, 5.74) is -0.140. The lowest BCUT2D eigenvalue weighted by molar-refractivity contribution is -0.0591. The smallest absolute Gasteiger partial charge is 0.0649 e. The molecule has 0 radical (unpaired) electrons. The molecule has 1 saturated carbocycles. The average Bonchev–Trinajstić information content (AvgIpc) is 2.37. The average molecular weight is 270 g/mol. The van der Waals surface area contributed by atoms with E-state index in [1.807, 2.05) is 0 Å². The van der Waals surface area contributed by atoms with Crippen LogP contribution in [0.5, 0.6) is 0 Å². The highest BCUT2D eigenvalue weighted by molar-refractivity contribution is 4.91. The van der Waals surface area contributed by atoms with E-state index in [9.17, 15) is 5.11 Å². The van der Waals surface area contributed by atoms with Crippen LogP contribution in [-0.2, 0) is 4.74 Å². The van der Waals surface area contributed by atoms with Crippen LogP contribution in [-0.4, -0.2) is 23.4 Å². The summed E-state index contributed by atoms with van der Waals surface area (Å²) in [6, 6.07) is 0. The molecule has 0 unspecified atom stereocenters. The van der Waals surface area contributed by atoms with Crippen LogP contribution in [0.1, 0.15) is 79.6 Å². The summed E-state index contributed by atoms with van der Waals surface area (Å²) in [7, 11) is 1.75. The molecule has 0 atom stereocenters. The second-order valence-electron chi connectivity index (χ2n) is 7.80. The predicted molar refractivity (Wildman–Crippen MR) is 81.3 cm³/mol. The Morgan fingerprint density at radius 3 is 2.11 bits per heavy atom. The van der Waals surface area contributed by atoms with Gasteiger partial charge in [-0.25, -0.2) is 0 Å². The number of aliphatic hydroxyl groups is 1. The Morgan fingerprint density at radius 1 is 1.16 bits per heavy atom. The van der Waals surface area contributed by atoms with Crippen LogP contribution in [0.2, 0.25) is 0 Å². The van der Waals surface area contributed by atoms with Gasteiger partial charge in [-0.15, -0.1) is 0 Å². The van der Waals surface area contributed by atoms with E-state index in [1.54, 1.807) is 7.11 Å². The standard InChI is InChI=1S/C17H34O2/c1-7-15(2,3)14-8-10-17(18,11-9-14)13-12-16(4,5)19-6/h14,18H,7-13H2,1-6H3. The fraction of sp³-hybridized carbons (Fsp3) is 1.00. The highest BCUT2D eigenvalue weighted by Gasteiger charge is 2.38. The Balaban J connectivity index is 2.48. The maximum Gasteiger partial charge on any atom is 0.0649 e. The van der Waals surface area contributed by atoms with E-state index in [2.05, 4.69) is 34.6 Å². The summed E-state index contributed by atoms with van der Waals surface area (Å²) in [5, 5.41) is 10.7. The van der Waals surface area contributed by atoms with Gasteiger partial charge in [0.2, 0.25) is 0 Å². The lowest BCUT2D eigenvalue weighted by Gasteiger charge is -2.43. The summed E-state index contributed by atoms with van der Waals surface area (Å²) < 4.78 is 5.46. The zero-order valence-corrected chi connectivity index (χ0v) is 13.9. The van der Waals surface area contributed by atoms with E-state index >= 15 is 0 Å². The summed E-state index contributed by atoms with van der Waals surface area (Å²) in [5.74, 6) is 0.771. The van der Waals surface area contributed by atoms with Crippen molar-refractivity contribution < 1.29 is 9.84 Å². The number of methoxy groups -OCH3 is 1. The topological polar surface area (TPSA) is 29.5 Å². The van der Waals surface area contributed by atoms with Crippen LogP contribution in [0.3, 0.4) is 0 Å². The van der Waals surface area contributed by atoms with E-state index in [1.165, 1.54) is 19.3 Å². The fourth-order valence-corrected chi connectivity index (χ4v) is 3.11. The molecule has 1 aliphatic carbocycles. The fourth-order valence-electron chi connectivity index (χ4n) is 3.11. The number of rotatable bonds is 6. The van der Waals surface area contributed by atoms with Crippen molar-refractivity contribution in [2.75, 3.05) is 7.11 Å². The molecule has 0 bridgehead atoms. The monoisotopic (exact) mass is 270 g/mol. The van der Waals surface area contributed by atoms with Crippen molar-refractivity contribution in [2.45, 2.75) is 90.8 Å². The first-order valence-corrected chi connectivity index (χ1v) is 7.92. The van der Waals surface area contributed by atoms with Gasteiger partial charge in [0.15, 0.2) is 0 Å². The SMILES string of the molecule is CCC(C)(C)C1CCC(O)(CCC(C)(C)OC)CC1. The van der Waals surface area contributed by atoms with Crippen molar-refractivity contribution in [1.82, 2.24) is 0 Å². The van der Waals surface area contributed by atoms with Gasteiger partial charge >= 0.3 is 0 Å². The Morgan fingerprint density at radius 2 is 1.68 bits per heavy atom. The highest BCUT2D eigenvalue weighted by Crippen LogP contribution is 2.45. The van der Waals surface area contributed by atoms with Crippen LogP contribution >= 0.6 is 0 Å². The molecular formula is C17H34O2. The summed E-state index contributed by atoms with van der Waals surface area (Å²) in [6.45, 7) is 11.2. The van der Waals surface area contributed by atoms with Gasteiger partial charge in [0.1, 0.15) is 0 Å². The first-order valence-electron chi connectivity index (χ1n) is 7.92. The van der Waals surface area contributed by atoms with Crippen molar-refractivity contribution in [3.8, 4) is 0 Å². The molecule has 0 aromatic carbocycles. The number of hydrogen-bond acceptors (Lipinski definition) is 2. The normalized spacial score (nSPS) is 29.5. The van der Waals surface area contributed by atoms with Crippen LogP contribution in [0, 0.1) is 11.3 Å². The predicted octanol–water partition coefficient (Wildman–Crippen LogP) is 4.55. The largest absolute Gasteiger partial charge is 0.390 e. The minimum atomic E-state index is -0.448. The van der Waals surface area contributed by atoms with Crippen molar-refractivity contribution in [3.05, 3.63) is 0 Å². The molecule has 1 N–H and O–H groups in total. The Labute approximate surface area is 119 Å². The maximum atomic E-state index is 10.7. The molecule has 0 heterocycles. The molecule has 0 amide bonds. The van der Waals surface area contributed by atoms with Gasteiger partial charge in [0.25, 0.3) is 0 Å². The molecule has 0 saturated heterocycles. The first kappa shape index (κ1) is 17.0. The van der Waals surface area contributed by atoms with E-state index in [0.717, 1.165) is 31.6 Å². The zero-order valence-electron chi connectivity index (χ0n) is 13.9. The highest BCUT2D eigenvalue weighted by atomic mass is 16.5. The molecule has 19 heavy (non-hydrogen) atoms. The van der Waals surface area contributed by atoms with E-state index in [0.29, 0.717) is 5.41 Å². The third-order valence-corrected chi connectivity index (χ3v) is 5.68. The molecule has 2 heteroatoms. The minimum absolute atomic E-state index is 0.116. The molecule has 1 rings (SSSR count). The third-order valence-electron chi connectivity index (χ3n) is 5.68. The summed E-state index contributed by atoms with van der Waals surface area (Å²) in [6.07, 6.45) is 7.29. The lowest BCUT2D eigenvalue weighted by atomic mass is 9.65. The van der Waals surface area contributed by atoms with Gasteiger partial charge < -0.3 is 9.84 Å². The first-order chi connectivity index (χ1) is 8.64. The molecular weight excluding hydrogens is 236 g/mol. The Kier molecular flexibility index (Phi) is 5.48. The van der Waals surface area contributed by atoms with E-state index < -0.39 is 5.60 Å². The van der Waals surface area contributed by atoms with E-state index in [4.69, 9.17) is 4.74 Å². The van der Waals surface area contributed by atoms with E-state index in [-0.39, 0.29) is 5.60 Å². The van der Waals surface area contributed by atoms with Crippen LogP contribution in [0.25, 0.3) is 0 Å². The molecule has 1 fully saturated rings. The lowest BCUT2D eigenvalue weighted by Crippen LogP contribution is -2.39. The molecule has 114 valence electrons. The van der Waals surface area contributed by atoms with Gasteiger partial charge in [0, 0.05) is 7.11 Å². The van der Waals surface area contributed by atoms with Gasteiger partial charge in [-0.05, 0) is 63.7 Å². The van der Waals surface area contributed by atoms with Crippen molar-refractivity contribution in [2.24, 2.45) is 11.3 Å². The Hall–Kier alpha value is -0.0800. The van der Waals surface area contributed by atoms with Gasteiger partial charge in [-0.2, -0.15) is 0 Å². The molecule has 0 aliphatic heterocycles. The summed E-state index contributed by atoms with van der Waals surface area (Å²) >= 11 is 0. The van der Waals surface area contributed by atoms with Gasteiger partial charge in [-0.3, -0.25) is 0 Å². The molecule has 0 aromatic rings. The molecule has 2 nitrogen and oxygen atoms in total.